The van der Waals surface area contributed by atoms with Gasteiger partial charge in [0.2, 0.25) is 0 Å². The molecule has 0 saturated heterocycles. The topological polar surface area (TPSA) is 26.0 Å². The third-order valence-corrected chi connectivity index (χ3v) is 3.22. The fourth-order valence-corrected chi connectivity index (χ4v) is 2.50. The molecule has 0 radical (unpaired) electrons. The third-order valence-electron chi connectivity index (χ3n) is 2.10. The fourth-order valence-electron chi connectivity index (χ4n) is 1.44. The van der Waals surface area contributed by atoms with E-state index in [9.17, 15) is 0 Å². The van der Waals surface area contributed by atoms with Gasteiger partial charge < -0.3 is 5.73 Å². The highest BCUT2D eigenvalue weighted by Gasteiger charge is 2.12. The van der Waals surface area contributed by atoms with E-state index in [1.807, 2.05) is 0 Å². The first-order valence-corrected chi connectivity index (χ1v) is 4.65. The first-order chi connectivity index (χ1) is 5.29. The number of anilines is 1. The third kappa shape index (κ3) is 0.979. The molecule has 2 N–H and O–H groups in total. The Labute approximate surface area is 70.5 Å². The van der Waals surface area contributed by atoms with E-state index >= 15 is 0 Å². The first kappa shape index (κ1) is 6.92. The summed E-state index contributed by atoms with van der Waals surface area (Å²) in [4.78, 5) is 2.63. The smallest absolute Gasteiger partial charge is 0.0491 e. The zero-order valence-corrected chi connectivity index (χ0v) is 7.37. The second kappa shape index (κ2) is 2.38. The number of thiophene rings is 1. The molecule has 0 saturated carbocycles. The lowest BCUT2D eigenvalue weighted by Gasteiger charge is -2.04. The van der Waals surface area contributed by atoms with Crippen molar-refractivity contribution in [2.45, 2.75) is 19.8 Å². The summed E-state index contributed by atoms with van der Waals surface area (Å²) >= 11 is 1.80. The number of hydrogen-bond donors (Lipinski definition) is 1. The number of rotatable bonds is 0. The molecular formula is C9H11NS. The van der Waals surface area contributed by atoms with Crippen molar-refractivity contribution in [3.05, 3.63) is 21.4 Å². The van der Waals surface area contributed by atoms with Crippen LogP contribution in [0.15, 0.2) is 6.08 Å². The van der Waals surface area contributed by atoms with Gasteiger partial charge in [-0.3, -0.25) is 0 Å². The molecule has 0 fully saturated rings. The number of fused-ring (bicyclic) bond motifs is 1. The molecule has 1 aromatic rings. The molecular weight excluding hydrogens is 154 g/mol. The second-order valence-corrected chi connectivity index (χ2v) is 4.11. The molecule has 0 bridgehead atoms. The van der Waals surface area contributed by atoms with E-state index in [0.717, 1.165) is 18.5 Å². The Kier molecular flexibility index (Phi) is 1.50. The Morgan fingerprint density at radius 3 is 3.09 bits per heavy atom. The molecule has 0 aliphatic heterocycles. The highest BCUT2D eigenvalue weighted by Crippen LogP contribution is 2.34. The quantitative estimate of drug-likeness (QED) is 0.628. The molecule has 1 aliphatic rings. The van der Waals surface area contributed by atoms with E-state index < -0.39 is 0 Å². The zero-order chi connectivity index (χ0) is 7.84. The molecule has 0 unspecified atom stereocenters. The van der Waals surface area contributed by atoms with Crippen LogP contribution in [0, 0.1) is 6.92 Å². The largest absolute Gasteiger partial charge is 0.398 e. The molecule has 0 aromatic carbocycles. The lowest BCUT2D eigenvalue weighted by Crippen LogP contribution is -1.94. The molecule has 1 nitrogen and oxygen atoms in total. The summed E-state index contributed by atoms with van der Waals surface area (Å²) in [6.45, 7) is 2.09. The molecule has 0 spiro atoms. The lowest BCUT2D eigenvalue weighted by atomic mass is 10.0. The van der Waals surface area contributed by atoms with Crippen LogP contribution < -0.4 is 5.73 Å². The van der Waals surface area contributed by atoms with E-state index in [0.29, 0.717) is 0 Å². The van der Waals surface area contributed by atoms with Crippen molar-refractivity contribution in [2.24, 2.45) is 0 Å². The summed E-state index contributed by atoms with van der Waals surface area (Å²) in [5.74, 6) is 0. The van der Waals surface area contributed by atoms with Gasteiger partial charge in [0, 0.05) is 15.4 Å². The minimum atomic E-state index is 1.02. The summed E-state index contributed by atoms with van der Waals surface area (Å²) in [6.07, 6.45) is 6.68. The molecule has 2 rings (SSSR count). The van der Waals surface area contributed by atoms with Crippen LogP contribution >= 0.6 is 11.3 Å². The van der Waals surface area contributed by atoms with Crippen molar-refractivity contribution < 1.29 is 0 Å². The summed E-state index contributed by atoms with van der Waals surface area (Å²) in [5, 5.41) is 0. The summed E-state index contributed by atoms with van der Waals surface area (Å²) in [5.41, 5.74) is 8.29. The molecule has 0 atom stereocenters. The van der Waals surface area contributed by atoms with Crippen molar-refractivity contribution in [1.29, 1.82) is 0 Å². The average Bonchev–Trinajstić information content (AvgIpc) is 2.30. The van der Waals surface area contributed by atoms with Gasteiger partial charge in [0.1, 0.15) is 0 Å². The van der Waals surface area contributed by atoms with Crippen LogP contribution in [0.3, 0.4) is 0 Å². The van der Waals surface area contributed by atoms with E-state index in [-0.39, 0.29) is 0 Å². The standard InChI is InChI=1S/C9H11NS/c1-6-9(10)7-4-2-3-5-8(7)11-6/h3,5H,2,4,10H2,1H3. The van der Waals surface area contributed by atoms with E-state index in [1.54, 1.807) is 11.3 Å². The molecule has 58 valence electrons. The van der Waals surface area contributed by atoms with Crippen molar-refractivity contribution in [1.82, 2.24) is 0 Å². The summed E-state index contributed by atoms with van der Waals surface area (Å²) < 4.78 is 0. The highest BCUT2D eigenvalue weighted by molar-refractivity contribution is 7.13. The van der Waals surface area contributed by atoms with Gasteiger partial charge in [-0.05, 0) is 31.4 Å². The maximum Gasteiger partial charge on any atom is 0.0491 e. The van der Waals surface area contributed by atoms with Crippen molar-refractivity contribution in [2.75, 3.05) is 5.73 Å². The van der Waals surface area contributed by atoms with E-state index in [2.05, 4.69) is 19.1 Å². The number of nitrogens with two attached hydrogens (primary N) is 1. The van der Waals surface area contributed by atoms with Gasteiger partial charge in [0.05, 0.1) is 0 Å². The van der Waals surface area contributed by atoms with Crippen molar-refractivity contribution >= 4 is 23.1 Å². The predicted octanol–water partition coefficient (Wildman–Crippen LogP) is 2.60. The van der Waals surface area contributed by atoms with Gasteiger partial charge in [-0.2, -0.15) is 0 Å². The fraction of sp³-hybridized carbons (Fsp3) is 0.333. The van der Waals surface area contributed by atoms with Crippen LogP contribution in [0.1, 0.15) is 21.7 Å². The lowest BCUT2D eigenvalue weighted by molar-refractivity contribution is 0.998. The Balaban J connectivity index is 2.61. The van der Waals surface area contributed by atoms with Gasteiger partial charge in [-0.1, -0.05) is 6.08 Å². The normalized spacial score (nSPS) is 15.0. The van der Waals surface area contributed by atoms with Crippen molar-refractivity contribution in [3.8, 4) is 0 Å². The average molecular weight is 165 g/mol. The van der Waals surface area contributed by atoms with Crippen LogP contribution in [0.4, 0.5) is 5.69 Å². The van der Waals surface area contributed by atoms with Gasteiger partial charge in [-0.25, -0.2) is 0 Å². The molecule has 0 amide bonds. The molecule has 1 aromatic heterocycles. The Morgan fingerprint density at radius 2 is 2.36 bits per heavy atom. The Morgan fingerprint density at radius 1 is 1.55 bits per heavy atom. The molecule has 1 aliphatic carbocycles. The maximum absolute atomic E-state index is 5.90. The van der Waals surface area contributed by atoms with Crippen LogP contribution in [0.2, 0.25) is 0 Å². The molecule has 1 heterocycles. The highest BCUT2D eigenvalue weighted by atomic mass is 32.1. The van der Waals surface area contributed by atoms with Crippen LogP contribution in [0.25, 0.3) is 6.08 Å². The van der Waals surface area contributed by atoms with Gasteiger partial charge in [-0.15, -0.1) is 11.3 Å². The van der Waals surface area contributed by atoms with Crippen LogP contribution in [-0.4, -0.2) is 0 Å². The Bertz CT molecular complexity index is 310. The molecule has 11 heavy (non-hydrogen) atoms. The maximum atomic E-state index is 5.90. The number of aryl methyl sites for hydroxylation is 1. The minimum Gasteiger partial charge on any atom is -0.398 e. The summed E-state index contributed by atoms with van der Waals surface area (Å²) in [7, 11) is 0. The van der Waals surface area contributed by atoms with E-state index in [4.69, 9.17) is 5.73 Å². The second-order valence-electron chi connectivity index (χ2n) is 2.86. The van der Waals surface area contributed by atoms with Crippen molar-refractivity contribution in [3.63, 3.8) is 0 Å². The number of nitrogen functional groups attached to an aromatic ring is 1. The minimum absolute atomic E-state index is 1.02. The first-order valence-electron chi connectivity index (χ1n) is 3.83. The van der Waals surface area contributed by atoms with Crippen LogP contribution in [-0.2, 0) is 6.42 Å². The van der Waals surface area contributed by atoms with Crippen LogP contribution in [0.5, 0.6) is 0 Å². The Hall–Kier alpha value is -0.760. The number of hydrogen-bond acceptors (Lipinski definition) is 2. The van der Waals surface area contributed by atoms with Gasteiger partial charge >= 0.3 is 0 Å². The zero-order valence-electron chi connectivity index (χ0n) is 6.55. The van der Waals surface area contributed by atoms with Gasteiger partial charge in [0.25, 0.3) is 0 Å². The monoisotopic (exact) mass is 165 g/mol. The summed E-state index contributed by atoms with van der Waals surface area (Å²) in [6, 6.07) is 0. The number of allylic oxidation sites excluding steroid dienone is 1. The van der Waals surface area contributed by atoms with Gasteiger partial charge in [0.15, 0.2) is 0 Å². The SMILES string of the molecule is Cc1sc2c(c1N)CCC=C2. The predicted molar refractivity (Wildman–Crippen MR) is 50.8 cm³/mol. The van der Waals surface area contributed by atoms with E-state index in [1.165, 1.54) is 15.3 Å². The molecule has 2 heteroatoms.